The summed E-state index contributed by atoms with van der Waals surface area (Å²) in [7, 11) is 0. The van der Waals surface area contributed by atoms with E-state index >= 15 is 0 Å². The van der Waals surface area contributed by atoms with Gasteiger partial charge in [0.15, 0.2) is 5.11 Å². The summed E-state index contributed by atoms with van der Waals surface area (Å²) in [5.74, 6) is 0.850. The van der Waals surface area contributed by atoms with Crippen molar-refractivity contribution in [2.45, 2.75) is 34.2 Å². The summed E-state index contributed by atoms with van der Waals surface area (Å²) in [5, 5.41) is 11.4. The molecule has 5 nitrogen and oxygen atoms in total. The molecule has 0 aliphatic heterocycles. The van der Waals surface area contributed by atoms with Crippen LogP contribution < -0.4 is 15.4 Å². The Morgan fingerprint density at radius 2 is 1.86 bits per heavy atom. The van der Waals surface area contributed by atoms with Crippen molar-refractivity contribution in [1.82, 2.24) is 9.78 Å². The molecule has 2 N–H and O–H groups in total. The SMILES string of the molecule is CCOc1ccc(NC(=S)Nc2c(C)nn(CC)c2C)cc1. The molecule has 0 amide bonds. The van der Waals surface area contributed by atoms with Gasteiger partial charge in [-0.2, -0.15) is 5.10 Å². The highest BCUT2D eigenvalue weighted by molar-refractivity contribution is 7.80. The smallest absolute Gasteiger partial charge is 0.175 e. The molecule has 0 saturated heterocycles. The zero-order valence-corrected chi connectivity index (χ0v) is 14.3. The molecule has 6 heteroatoms. The first kappa shape index (κ1) is 16.3. The summed E-state index contributed by atoms with van der Waals surface area (Å²) in [6.07, 6.45) is 0. The van der Waals surface area contributed by atoms with Crippen LogP contribution in [-0.2, 0) is 6.54 Å². The van der Waals surface area contributed by atoms with Gasteiger partial charge in [-0.1, -0.05) is 0 Å². The standard InChI is InChI=1S/C16H22N4OS/c1-5-20-12(4)15(11(3)19-20)18-16(22)17-13-7-9-14(10-8-13)21-6-2/h7-10H,5-6H2,1-4H3,(H2,17,18,22). The molecule has 1 heterocycles. The molecule has 0 bridgehead atoms. The quantitative estimate of drug-likeness (QED) is 0.823. The molecule has 0 saturated carbocycles. The van der Waals surface area contributed by atoms with Crippen LogP contribution in [0.4, 0.5) is 11.4 Å². The van der Waals surface area contributed by atoms with Gasteiger partial charge in [-0.25, -0.2) is 0 Å². The van der Waals surface area contributed by atoms with E-state index in [2.05, 4.69) is 22.7 Å². The van der Waals surface area contributed by atoms with Crippen molar-refractivity contribution in [3.63, 3.8) is 0 Å². The molecule has 22 heavy (non-hydrogen) atoms. The lowest BCUT2D eigenvalue weighted by atomic mass is 10.3. The number of hydrogen-bond acceptors (Lipinski definition) is 3. The number of nitrogens with zero attached hydrogens (tertiary/aromatic N) is 2. The Kier molecular flexibility index (Phi) is 5.38. The molecule has 0 fully saturated rings. The van der Waals surface area contributed by atoms with E-state index in [-0.39, 0.29) is 0 Å². The number of ether oxygens (including phenoxy) is 1. The predicted octanol–water partition coefficient (Wildman–Crippen LogP) is 3.73. The number of nitrogens with one attached hydrogen (secondary N) is 2. The third kappa shape index (κ3) is 3.76. The highest BCUT2D eigenvalue weighted by Gasteiger charge is 2.11. The third-order valence-electron chi connectivity index (χ3n) is 3.34. The Balaban J connectivity index is 2.02. The molecule has 0 aliphatic carbocycles. The highest BCUT2D eigenvalue weighted by Crippen LogP contribution is 2.20. The third-order valence-corrected chi connectivity index (χ3v) is 3.55. The van der Waals surface area contributed by atoms with E-state index in [4.69, 9.17) is 17.0 Å². The maximum atomic E-state index is 5.42. The summed E-state index contributed by atoms with van der Waals surface area (Å²) in [5.41, 5.74) is 3.90. The van der Waals surface area contributed by atoms with Crippen LogP contribution in [0.3, 0.4) is 0 Å². The average Bonchev–Trinajstić information content (AvgIpc) is 2.77. The second kappa shape index (κ2) is 7.26. The number of anilines is 2. The van der Waals surface area contributed by atoms with Gasteiger partial charge in [-0.15, -0.1) is 0 Å². The fourth-order valence-corrected chi connectivity index (χ4v) is 2.48. The molecule has 0 unspecified atom stereocenters. The van der Waals surface area contributed by atoms with Crippen LogP contribution in [0.1, 0.15) is 25.2 Å². The van der Waals surface area contributed by atoms with Crippen molar-refractivity contribution in [3.8, 4) is 5.75 Å². The van der Waals surface area contributed by atoms with Crippen molar-refractivity contribution >= 4 is 28.7 Å². The molecule has 1 aromatic heterocycles. The molecule has 0 radical (unpaired) electrons. The van der Waals surface area contributed by atoms with Crippen LogP contribution in [0.15, 0.2) is 24.3 Å². The summed E-state index contributed by atoms with van der Waals surface area (Å²) < 4.78 is 7.38. The lowest BCUT2D eigenvalue weighted by Gasteiger charge is -2.11. The van der Waals surface area contributed by atoms with Gasteiger partial charge < -0.3 is 15.4 Å². The number of rotatable bonds is 5. The molecule has 0 spiro atoms. The first-order chi connectivity index (χ1) is 10.5. The number of aromatic nitrogens is 2. The molecule has 2 rings (SSSR count). The molecular formula is C16H22N4OS. The molecule has 1 aromatic carbocycles. The lowest BCUT2D eigenvalue weighted by molar-refractivity contribution is 0.340. The molecule has 0 atom stereocenters. The monoisotopic (exact) mass is 318 g/mol. The van der Waals surface area contributed by atoms with Crippen molar-refractivity contribution in [2.24, 2.45) is 0 Å². The predicted molar refractivity (Wildman–Crippen MR) is 94.8 cm³/mol. The van der Waals surface area contributed by atoms with E-state index in [0.29, 0.717) is 11.7 Å². The van der Waals surface area contributed by atoms with Gasteiger partial charge in [0.2, 0.25) is 0 Å². The molecular weight excluding hydrogens is 296 g/mol. The minimum Gasteiger partial charge on any atom is -0.494 e. The first-order valence-electron chi connectivity index (χ1n) is 7.40. The van der Waals surface area contributed by atoms with Crippen molar-refractivity contribution in [2.75, 3.05) is 17.2 Å². The topological polar surface area (TPSA) is 51.1 Å². The average molecular weight is 318 g/mol. The van der Waals surface area contributed by atoms with Gasteiger partial charge in [-0.3, -0.25) is 4.68 Å². The zero-order chi connectivity index (χ0) is 16.1. The number of thiocarbonyl (C=S) groups is 1. The fourth-order valence-electron chi connectivity index (χ4n) is 2.26. The van der Waals surface area contributed by atoms with Crippen LogP contribution in [0.25, 0.3) is 0 Å². The Morgan fingerprint density at radius 3 is 2.41 bits per heavy atom. The Bertz CT molecular complexity index is 649. The van der Waals surface area contributed by atoms with Crippen LogP contribution >= 0.6 is 12.2 Å². The van der Waals surface area contributed by atoms with Gasteiger partial charge >= 0.3 is 0 Å². The van der Waals surface area contributed by atoms with E-state index in [1.54, 1.807) is 0 Å². The number of hydrogen-bond donors (Lipinski definition) is 2. The second-order valence-corrected chi connectivity index (χ2v) is 5.31. The van der Waals surface area contributed by atoms with Crippen molar-refractivity contribution in [3.05, 3.63) is 35.7 Å². The van der Waals surface area contributed by atoms with Crippen molar-refractivity contribution in [1.29, 1.82) is 0 Å². The van der Waals surface area contributed by atoms with E-state index < -0.39 is 0 Å². The highest BCUT2D eigenvalue weighted by atomic mass is 32.1. The normalized spacial score (nSPS) is 10.4. The molecule has 2 aromatic rings. The second-order valence-electron chi connectivity index (χ2n) is 4.90. The van der Waals surface area contributed by atoms with Gasteiger partial charge in [0.1, 0.15) is 5.75 Å². The minimum atomic E-state index is 0.547. The van der Waals surface area contributed by atoms with Gasteiger partial charge in [0.25, 0.3) is 0 Å². The van der Waals surface area contributed by atoms with Crippen LogP contribution in [-0.4, -0.2) is 21.5 Å². The molecule has 118 valence electrons. The van der Waals surface area contributed by atoms with E-state index in [0.717, 1.165) is 35.1 Å². The van der Waals surface area contributed by atoms with E-state index in [1.807, 2.05) is 49.7 Å². The van der Waals surface area contributed by atoms with E-state index in [9.17, 15) is 0 Å². The Labute approximate surface area is 136 Å². The van der Waals surface area contributed by atoms with Gasteiger partial charge in [0, 0.05) is 12.2 Å². The zero-order valence-electron chi connectivity index (χ0n) is 13.4. The maximum absolute atomic E-state index is 5.42. The summed E-state index contributed by atoms with van der Waals surface area (Å²) in [4.78, 5) is 0. The largest absolute Gasteiger partial charge is 0.494 e. The minimum absolute atomic E-state index is 0.547. The van der Waals surface area contributed by atoms with Gasteiger partial charge in [-0.05, 0) is 64.2 Å². The van der Waals surface area contributed by atoms with E-state index in [1.165, 1.54) is 0 Å². The van der Waals surface area contributed by atoms with Crippen molar-refractivity contribution < 1.29 is 4.74 Å². The summed E-state index contributed by atoms with van der Waals surface area (Å²) >= 11 is 5.38. The van der Waals surface area contributed by atoms with Gasteiger partial charge in [0.05, 0.1) is 23.7 Å². The first-order valence-corrected chi connectivity index (χ1v) is 7.80. The summed E-state index contributed by atoms with van der Waals surface area (Å²) in [6, 6.07) is 7.71. The summed E-state index contributed by atoms with van der Waals surface area (Å²) in [6.45, 7) is 9.54. The Hall–Kier alpha value is -2.08. The van der Waals surface area contributed by atoms with Crippen LogP contribution in [0.5, 0.6) is 5.75 Å². The van der Waals surface area contributed by atoms with Crippen LogP contribution in [0.2, 0.25) is 0 Å². The van der Waals surface area contributed by atoms with Crippen LogP contribution in [0, 0.1) is 13.8 Å². The Morgan fingerprint density at radius 1 is 1.18 bits per heavy atom. The molecule has 0 aliphatic rings. The number of aryl methyl sites for hydroxylation is 2. The maximum Gasteiger partial charge on any atom is 0.175 e. The lowest BCUT2D eigenvalue weighted by Crippen LogP contribution is -2.19. The fraction of sp³-hybridized carbons (Fsp3) is 0.375. The number of benzene rings is 1.